The number of ketones is 1. The van der Waals surface area contributed by atoms with Crippen LogP contribution in [0.15, 0.2) is 42.5 Å². The number of hydrogen-bond donors (Lipinski definition) is 0. The predicted octanol–water partition coefficient (Wildman–Crippen LogP) is 4.35. The van der Waals surface area contributed by atoms with Gasteiger partial charge in [-0.3, -0.25) is 4.79 Å². The Bertz CT molecular complexity index is 596. The largest absolute Gasteiger partial charge is 0.494 e. The van der Waals surface area contributed by atoms with Crippen molar-refractivity contribution >= 4 is 23.2 Å². The van der Waals surface area contributed by atoms with E-state index in [-0.39, 0.29) is 5.78 Å². The number of carbonyl (C=O) groups excluding carboxylic acids is 1. The zero-order valence-corrected chi connectivity index (χ0v) is 11.9. The summed E-state index contributed by atoms with van der Waals surface area (Å²) >= 11 is 1.52. The Labute approximate surface area is 117 Å². The van der Waals surface area contributed by atoms with Crippen LogP contribution in [0.1, 0.15) is 27.0 Å². The summed E-state index contributed by atoms with van der Waals surface area (Å²) in [6.45, 7) is 4.59. The molecule has 0 radical (unpaired) electrons. The van der Waals surface area contributed by atoms with Gasteiger partial charge >= 0.3 is 0 Å². The van der Waals surface area contributed by atoms with Crippen molar-refractivity contribution in [1.29, 1.82) is 0 Å². The minimum Gasteiger partial charge on any atom is -0.494 e. The van der Waals surface area contributed by atoms with Crippen LogP contribution in [0.4, 0.5) is 0 Å². The average Bonchev–Trinajstić information content (AvgIpc) is 2.84. The van der Waals surface area contributed by atoms with E-state index in [0.717, 1.165) is 21.1 Å². The lowest BCUT2D eigenvalue weighted by Crippen LogP contribution is -1.91. The number of aryl methyl sites for hydroxylation is 1. The van der Waals surface area contributed by atoms with Gasteiger partial charge in [0.2, 0.25) is 0 Å². The lowest BCUT2D eigenvalue weighted by atomic mass is 10.2. The molecule has 1 aromatic carbocycles. The molecular weight excluding hydrogens is 256 g/mol. The third-order valence-electron chi connectivity index (χ3n) is 2.58. The van der Waals surface area contributed by atoms with E-state index in [2.05, 4.69) is 0 Å². The third kappa shape index (κ3) is 3.80. The van der Waals surface area contributed by atoms with Gasteiger partial charge < -0.3 is 4.74 Å². The van der Waals surface area contributed by atoms with Crippen molar-refractivity contribution in [2.24, 2.45) is 0 Å². The molecule has 0 saturated carbocycles. The first-order valence-electron chi connectivity index (χ1n) is 6.21. The standard InChI is InChI=1S/C16H16O2S/c1-3-18-14-6-4-5-13(11-14)8-9-15(17)16-10-7-12(2)19-16/h4-11H,3H2,1-2H3/b9-8+. The summed E-state index contributed by atoms with van der Waals surface area (Å²) in [6, 6.07) is 11.5. The van der Waals surface area contributed by atoms with Crippen LogP contribution in [-0.4, -0.2) is 12.4 Å². The van der Waals surface area contributed by atoms with Crippen molar-refractivity contribution in [3.05, 3.63) is 57.8 Å². The molecule has 0 spiro atoms. The quantitative estimate of drug-likeness (QED) is 0.597. The molecular formula is C16H16O2S. The number of thiophene rings is 1. The Kier molecular flexibility index (Phi) is 4.53. The van der Waals surface area contributed by atoms with Crippen LogP contribution in [0, 0.1) is 6.92 Å². The maximum atomic E-state index is 11.9. The van der Waals surface area contributed by atoms with Gasteiger partial charge in [0, 0.05) is 4.88 Å². The van der Waals surface area contributed by atoms with E-state index in [9.17, 15) is 4.79 Å². The van der Waals surface area contributed by atoms with Crippen LogP contribution < -0.4 is 4.74 Å². The van der Waals surface area contributed by atoms with Crippen LogP contribution >= 0.6 is 11.3 Å². The summed E-state index contributed by atoms with van der Waals surface area (Å²) in [5.74, 6) is 0.865. The maximum absolute atomic E-state index is 11.9. The fraction of sp³-hybridized carbons (Fsp3) is 0.188. The van der Waals surface area contributed by atoms with Gasteiger partial charge in [0.1, 0.15) is 5.75 Å². The molecule has 0 fully saturated rings. The minimum atomic E-state index is 0.0416. The lowest BCUT2D eigenvalue weighted by Gasteiger charge is -2.02. The zero-order valence-electron chi connectivity index (χ0n) is 11.1. The van der Waals surface area contributed by atoms with E-state index < -0.39 is 0 Å². The molecule has 0 saturated heterocycles. The lowest BCUT2D eigenvalue weighted by molar-refractivity contribution is 0.105. The second-order valence-electron chi connectivity index (χ2n) is 4.11. The summed E-state index contributed by atoms with van der Waals surface area (Å²) < 4.78 is 5.42. The summed E-state index contributed by atoms with van der Waals surface area (Å²) in [7, 11) is 0. The van der Waals surface area contributed by atoms with Crippen molar-refractivity contribution in [3.63, 3.8) is 0 Å². The molecule has 0 atom stereocenters. The van der Waals surface area contributed by atoms with Gasteiger partial charge in [0.05, 0.1) is 11.5 Å². The van der Waals surface area contributed by atoms with Gasteiger partial charge in [0.25, 0.3) is 0 Å². The Hall–Kier alpha value is -1.87. The van der Waals surface area contributed by atoms with E-state index in [1.807, 2.05) is 56.3 Å². The molecule has 1 heterocycles. The Morgan fingerprint density at radius 1 is 1.32 bits per heavy atom. The minimum absolute atomic E-state index is 0.0416. The number of benzene rings is 1. The van der Waals surface area contributed by atoms with Gasteiger partial charge in [-0.2, -0.15) is 0 Å². The summed E-state index contributed by atoms with van der Waals surface area (Å²) in [4.78, 5) is 13.9. The smallest absolute Gasteiger partial charge is 0.195 e. The third-order valence-corrected chi connectivity index (χ3v) is 3.59. The summed E-state index contributed by atoms with van der Waals surface area (Å²) in [5, 5.41) is 0. The highest BCUT2D eigenvalue weighted by Crippen LogP contribution is 2.18. The SMILES string of the molecule is CCOc1cccc(/C=C/C(=O)c2ccc(C)s2)c1. The van der Waals surface area contributed by atoms with Gasteiger partial charge in [-0.25, -0.2) is 0 Å². The molecule has 3 heteroatoms. The van der Waals surface area contributed by atoms with E-state index in [0.29, 0.717) is 6.61 Å². The van der Waals surface area contributed by atoms with E-state index in [1.54, 1.807) is 6.08 Å². The second kappa shape index (κ2) is 6.34. The number of rotatable bonds is 5. The van der Waals surface area contributed by atoms with Crippen LogP contribution in [0.25, 0.3) is 6.08 Å². The number of allylic oxidation sites excluding steroid dienone is 1. The molecule has 0 aliphatic rings. The van der Waals surface area contributed by atoms with Crippen LogP contribution in [0.3, 0.4) is 0 Å². The molecule has 2 rings (SSSR count). The highest BCUT2D eigenvalue weighted by Gasteiger charge is 2.03. The first-order chi connectivity index (χ1) is 9.19. The molecule has 2 aromatic rings. The highest BCUT2D eigenvalue weighted by molar-refractivity contribution is 7.14. The van der Waals surface area contributed by atoms with Crippen LogP contribution in [-0.2, 0) is 0 Å². The maximum Gasteiger partial charge on any atom is 0.195 e. The van der Waals surface area contributed by atoms with Crippen molar-refractivity contribution in [2.75, 3.05) is 6.61 Å². The Morgan fingerprint density at radius 2 is 2.16 bits per heavy atom. The molecule has 19 heavy (non-hydrogen) atoms. The van der Waals surface area contributed by atoms with Crippen molar-refractivity contribution in [3.8, 4) is 5.75 Å². The Morgan fingerprint density at radius 3 is 2.84 bits per heavy atom. The average molecular weight is 272 g/mol. The first kappa shape index (κ1) is 13.6. The van der Waals surface area contributed by atoms with Gasteiger partial charge in [-0.15, -0.1) is 11.3 Å². The van der Waals surface area contributed by atoms with E-state index in [1.165, 1.54) is 11.3 Å². The number of hydrogen-bond acceptors (Lipinski definition) is 3. The Balaban J connectivity index is 2.09. The number of ether oxygens (including phenoxy) is 1. The topological polar surface area (TPSA) is 26.3 Å². The fourth-order valence-corrected chi connectivity index (χ4v) is 2.48. The van der Waals surface area contributed by atoms with Gasteiger partial charge in [-0.05, 0) is 49.8 Å². The zero-order chi connectivity index (χ0) is 13.7. The molecule has 0 N–H and O–H groups in total. The molecule has 98 valence electrons. The van der Waals surface area contributed by atoms with E-state index in [4.69, 9.17) is 4.74 Å². The molecule has 1 aromatic heterocycles. The monoisotopic (exact) mass is 272 g/mol. The van der Waals surface area contributed by atoms with Crippen molar-refractivity contribution in [1.82, 2.24) is 0 Å². The first-order valence-corrected chi connectivity index (χ1v) is 7.02. The number of carbonyl (C=O) groups is 1. The van der Waals surface area contributed by atoms with Crippen molar-refractivity contribution in [2.45, 2.75) is 13.8 Å². The molecule has 2 nitrogen and oxygen atoms in total. The second-order valence-corrected chi connectivity index (χ2v) is 5.40. The summed E-state index contributed by atoms with van der Waals surface area (Å²) in [5.41, 5.74) is 0.965. The van der Waals surface area contributed by atoms with Crippen LogP contribution in [0.2, 0.25) is 0 Å². The summed E-state index contributed by atoms with van der Waals surface area (Å²) in [6.07, 6.45) is 3.43. The normalized spacial score (nSPS) is 10.8. The van der Waals surface area contributed by atoms with E-state index >= 15 is 0 Å². The van der Waals surface area contributed by atoms with Crippen molar-refractivity contribution < 1.29 is 9.53 Å². The molecule has 0 unspecified atom stereocenters. The molecule has 0 aliphatic carbocycles. The molecule has 0 bridgehead atoms. The molecule has 0 aliphatic heterocycles. The highest BCUT2D eigenvalue weighted by atomic mass is 32.1. The predicted molar refractivity (Wildman–Crippen MR) is 80.0 cm³/mol. The van der Waals surface area contributed by atoms with Crippen LogP contribution in [0.5, 0.6) is 5.75 Å². The van der Waals surface area contributed by atoms with Gasteiger partial charge in [0.15, 0.2) is 5.78 Å². The molecule has 0 amide bonds. The van der Waals surface area contributed by atoms with Gasteiger partial charge in [-0.1, -0.05) is 18.2 Å². The fourth-order valence-electron chi connectivity index (χ4n) is 1.70.